The lowest BCUT2D eigenvalue weighted by Crippen LogP contribution is -2.16. The van der Waals surface area contributed by atoms with E-state index in [1.165, 1.54) is 6.33 Å². The molecule has 32 heavy (non-hydrogen) atoms. The van der Waals surface area contributed by atoms with Crippen LogP contribution in [0.15, 0.2) is 73.2 Å². The lowest BCUT2D eigenvalue weighted by molar-refractivity contribution is 0.102. The van der Waals surface area contributed by atoms with Gasteiger partial charge in [-0.15, -0.1) is 0 Å². The van der Waals surface area contributed by atoms with Crippen LogP contribution in [0.2, 0.25) is 0 Å². The van der Waals surface area contributed by atoms with E-state index in [1.807, 2.05) is 37.3 Å². The van der Waals surface area contributed by atoms with E-state index in [4.69, 9.17) is 4.74 Å². The van der Waals surface area contributed by atoms with E-state index in [9.17, 15) is 4.79 Å². The summed E-state index contributed by atoms with van der Waals surface area (Å²) in [4.78, 5) is 21.7. The van der Waals surface area contributed by atoms with E-state index in [2.05, 4.69) is 25.5 Å². The van der Waals surface area contributed by atoms with E-state index in [0.717, 1.165) is 11.4 Å². The van der Waals surface area contributed by atoms with Gasteiger partial charge in [0.1, 0.15) is 17.9 Å². The zero-order valence-electron chi connectivity index (χ0n) is 17.4. The maximum Gasteiger partial charge on any atom is 0.256 e. The van der Waals surface area contributed by atoms with Crippen LogP contribution >= 0.6 is 0 Å². The average Bonchev–Trinajstić information content (AvgIpc) is 3.43. The van der Waals surface area contributed by atoms with Gasteiger partial charge >= 0.3 is 0 Å². The maximum absolute atomic E-state index is 12.9. The van der Waals surface area contributed by atoms with Crippen LogP contribution in [0.4, 0.5) is 5.82 Å². The molecule has 0 saturated heterocycles. The lowest BCUT2D eigenvalue weighted by Gasteiger charge is -2.10. The summed E-state index contributed by atoms with van der Waals surface area (Å²) in [7, 11) is 1.56. The number of anilines is 1. The molecule has 3 heterocycles. The molecular weight excluding hydrogens is 406 g/mol. The van der Waals surface area contributed by atoms with Crippen LogP contribution in [0.3, 0.4) is 0 Å². The topological polar surface area (TPSA) is 99.8 Å². The molecule has 0 aliphatic heterocycles. The van der Waals surface area contributed by atoms with Crippen molar-refractivity contribution in [1.82, 2.24) is 29.5 Å². The fourth-order valence-corrected chi connectivity index (χ4v) is 3.46. The standard InChI is InChI=1S/C23H19N7O2/c1-15-11-20(27-23(31)16-7-6-10-18(12-16)32-2)30(28-15)22-19-13-26-29(21(19)24-14-25-22)17-8-4-3-5-9-17/h3-14H,1-2H3,(H,27,31). The zero-order valence-corrected chi connectivity index (χ0v) is 17.4. The van der Waals surface area contributed by atoms with Crippen LogP contribution in [-0.4, -0.2) is 42.5 Å². The highest BCUT2D eigenvalue weighted by Crippen LogP contribution is 2.24. The Hall–Kier alpha value is -4.53. The summed E-state index contributed by atoms with van der Waals surface area (Å²) in [6, 6.07) is 18.5. The van der Waals surface area contributed by atoms with Crippen molar-refractivity contribution in [1.29, 1.82) is 0 Å². The number of rotatable bonds is 5. The van der Waals surface area contributed by atoms with Crippen LogP contribution in [-0.2, 0) is 0 Å². The number of para-hydroxylation sites is 1. The second kappa shape index (κ2) is 7.95. The van der Waals surface area contributed by atoms with Gasteiger partial charge in [0.05, 0.1) is 30.1 Å². The summed E-state index contributed by atoms with van der Waals surface area (Å²) in [5.41, 5.74) is 2.72. The van der Waals surface area contributed by atoms with Crippen molar-refractivity contribution in [3.8, 4) is 17.3 Å². The van der Waals surface area contributed by atoms with Gasteiger partial charge in [-0.2, -0.15) is 14.9 Å². The maximum atomic E-state index is 12.9. The molecule has 0 unspecified atom stereocenters. The fraction of sp³-hybridized carbons (Fsp3) is 0.0870. The molecule has 1 N–H and O–H groups in total. The van der Waals surface area contributed by atoms with Gasteiger partial charge in [-0.25, -0.2) is 14.6 Å². The number of hydrogen-bond donors (Lipinski definition) is 1. The monoisotopic (exact) mass is 425 g/mol. The molecule has 5 aromatic rings. The summed E-state index contributed by atoms with van der Waals surface area (Å²) in [6.45, 7) is 1.85. The minimum atomic E-state index is -0.282. The van der Waals surface area contributed by atoms with Gasteiger partial charge in [-0.3, -0.25) is 4.79 Å². The molecule has 9 nitrogen and oxygen atoms in total. The summed E-state index contributed by atoms with van der Waals surface area (Å²) >= 11 is 0. The molecule has 2 aromatic carbocycles. The van der Waals surface area contributed by atoms with Gasteiger partial charge in [0.2, 0.25) is 0 Å². The first kappa shape index (κ1) is 19.4. The Labute approximate surface area is 183 Å². The van der Waals surface area contributed by atoms with Crippen molar-refractivity contribution in [2.75, 3.05) is 12.4 Å². The Morgan fingerprint density at radius 3 is 2.66 bits per heavy atom. The molecule has 0 spiro atoms. The van der Waals surface area contributed by atoms with Gasteiger partial charge in [0, 0.05) is 11.6 Å². The number of amides is 1. The predicted octanol–water partition coefficient (Wildman–Crippen LogP) is 3.57. The first-order valence-corrected chi connectivity index (χ1v) is 9.90. The highest BCUT2D eigenvalue weighted by Gasteiger charge is 2.18. The molecule has 0 atom stereocenters. The van der Waals surface area contributed by atoms with Crippen molar-refractivity contribution in [3.63, 3.8) is 0 Å². The van der Waals surface area contributed by atoms with Gasteiger partial charge in [0.25, 0.3) is 5.91 Å². The molecule has 0 fully saturated rings. The molecular formula is C23H19N7O2. The third-order valence-corrected chi connectivity index (χ3v) is 4.95. The number of methoxy groups -OCH3 is 1. The van der Waals surface area contributed by atoms with E-state index < -0.39 is 0 Å². The number of carbonyl (C=O) groups excluding carboxylic acids is 1. The van der Waals surface area contributed by atoms with Crippen LogP contribution in [0, 0.1) is 6.92 Å². The van der Waals surface area contributed by atoms with E-state index in [-0.39, 0.29) is 5.91 Å². The van der Waals surface area contributed by atoms with E-state index in [1.54, 1.807) is 53.0 Å². The smallest absolute Gasteiger partial charge is 0.256 e. The quantitative estimate of drug-likeness (QED) is 0.462. The normalized spacial score (nSPS) is 10.9. The Balaban J connectivity index is 1.55. The molecule has 3 aromatic heterocycles. The minimum absolute atomic E-state index is 0.282. The number of fused-ring (bicyclic) bond motifs is 1. The second-order valence-electron chi connectivity index (χ2n) is 7.10. The van der Waals surface area contributed by atoms with Crippen LogP contribution < -0.4 is 10.1 Å². The number of ether oxygens (including phenoxy) is 1. The van der Waals surface area contributed by atoms with Crippen molar-refractivity contribution < 1.29 is 9.53 Å². The molecule has 9 heteroatoms. The van der Waals surface area contributed by atoms with Crippen molar-refractivity contribution >= 4 is 22.8 Å². The van der Waals surface area contributed by atoms with Crippen molar-refractivity contribution in [3.05, 3.63) is 84.4 Å². The average molecular weight is 425 g/mol. The van der Waals surface area contributed by atoms with Crippen molar-refractivity contribution in [2.45, 2.75) is 6.92 Å². The Kier molecular flexibility index (Phi) is 4.83. The number of benzene rings is 2. The molecule has 0 saturated carbocycles. The van der Waals surface area contributed by atoms with Gasteiger partial charge in [-0.1, -0.05) is 24.3 Å². The molecule has 1 amide bonds. The fourth-order valence-electron chi connectivity index (χ4n) is 3.46. The molecule has 158 valence electrons. The molecule has 0 aliphatic rings. The van der Waals surface area contributed by atoms with E-state index in [0.29, 0.717) is 34.0 Å². The minimum Gasteiger partial charge on any atom is -0.497 e. The summed E-state index contributed by atoms with van der Waals surface area (Å²) < 4.78 is 8.55. The molecule has 5 rings (SSSR count). The number of nitrogens with zero attached hydrogens (tertiary/aromatic N) is 6. The van der Waals surface area contributed by atoms with Gasteiger partial charge in [-0.05, 0) is 37.3 Å². The van der Waals surface area contributed by atoms with Crippen LogP contribution in [0.1, 0.15) is 16.1 Å². The summed E-state index contributed by atoms with van der Waals surface area (Å²) in [5, 5.41) is 12.7. The Morgan fingerprint density at radius 1 is 1.00 bits per heavy atom. The number of aryl methyl sites for hydroxylation is 1. The molecule has 0 bridgehead atoms. The predicted molar refractivity (Wildman–Crippen MR) is 119 cm³/mol. The lowest BCUT2D eigenvalue weighted by atomic mass is 10.2. The SMILES string of the molecule is COc1cccc(C(=O)Nc2cc(C)nn2-c2ncnc3c2cnn3-c2ccccc2)c1. The number of hydrogen-bond acceptors (Lipinski definition) is 6. The Bertz CT molecular complexity index is 1420. The zero-order chi connectivity index (χ0) is 22.1. The number of aromatic nitrogens is 6. The van der Waals surface area contributed by atoms with Crippen molar-refractivity contribution in [2.24, 2.45) is 0 Å². The Morgan fingerprint density at radius 2 is 1.84 bits per heavy atom. The third kappa shape index (κ3) is 3.45. The first-order chi connectivity index (χ1) is 15.6. The van der Waals surface area contributed by atoms with Gasteiger partial charge in [0.15, 0.2) is 11.5 Å². The van der Waals surface area contributed by atoms with E-state index >= 15 is 0 Å². The molecule has 0 aliphatic carbocycles. The number of nitrogens with one attached hydrogen (secondary N) is 1. The highest BCUT2D eigenvalue weighted by molar-refractivity contribution is 6.04. The summed E-state index contributed by atoms with van der Waals surface area (Å²) in [5.74, 6) is 1.33. The molecule has 0 radical (unpaired) electrons. The van der Waals surface area contributed by atoms with Crippen LogP contribution in [0.25, 0.3) is 22.5 Å². The number of carbonyl (C=O) groups is 1. The second-order valence-corrected chi connectivity index (χ2v) is 7.10. The van der Waals surface area contributed by atoms with Crippen LogP contribution in [0.5, 0.6) is 5.75 Å². The third-order valence-electron chi connectivity index (χ3n) is 4.95. The highest BCUT2D eigenvalue weighted by atomic mass is 16.5. The first-order valence-electron chi connectivity index (χ1n) is 9.90. The van der Waals surface area contributed by atoms with Gasteiger partial charge < -0.3 is 10.1 Å². The summed E-state index contributed by atoms with van der Waals surface area (Å²) in [6.07, 6.45) is 3.16. The largest absolute Gasteiger partial charge is 0.497 e.